The highest BCUT2D eigenvalue weighted by Gasteiger charge is 2.43. The molecule has 2 nitrogen and oxygen atoms in total. The minimum Gasteiger partial charge on any atom is -0.293 e. The lowest BCUT2D eigenvalue weighted by molar-refractivity contribution is -0.117. The molecule has 2 aliphatic rings. The number of terminal acetylenes is 1. The number of nitriles is 1. The fourth-order valence-electron chi connectivity index (χ4n) is 2.48. The second-order valence-corrected chi connectivity index (χ2v) is 4.04. The van der Waals surface area contributed by atoms with Crippen LogP contribution in [0.4, 0.5) is 0 Å². The molecule has 1 saturated carbocycles. The molecule has 0 radical (unpaired) electrons. The van der Waals surface area contributed by atoms with Crippen LogP contribution in [0.5, 0.6) is 0 Å². The third-order valence-electron chi connectivity index (χ3n) is 3.31. The van der Waals surface area contributed by atoms with E-state index in [1.165, 1.54) is 0 Å². The van der Waals surface area contributed by atoms with E-state index in [2.05, 4.69) is 5.92 Å². The first-order chi connectivity index (χ1) is 7.72. The Hall–Kier alpha value is -1.54. The van der Waals surface area contributed by atoms with Crippen LogP contribution in [-0.2, 0) is 4.79 Å². The van der Waals surface area contributed by atoms with E-state index >= 15 is 0 Å². The van der Waals surface area contributed by atoms with Crippen LogP contribution >= 0.6 is 0 Å². The van der Waals surface area contributed by atoms with Gasteiger partial charge in [-0.05, 0) is 37.3 Å². The van der Waals surface area contributed by atoms with Crippen LogP contribution in [0.3, 0.4) is 0 Å². The molecule has 2 heteroatoms. The molecule has 0 aromatic carbocycles. The van der Waals surface area contributed by atoms with E-state index in [0.29, 0.717) is 6.42 Å². The van der Waals surface area contributed by atoms with Gasteiger partial charge in [0.1, 0.15) is 5.92 Å². The number of hydrogen-bond donors (Lipinski definition) is 0. The first-order valence-corrected chi connectivity index (χ1v) is 5.84. The zero-order chi connectivity index (χ0) is 12.2. The third-order valence-corrected chi connectivity index (χ3v) is 3.31. The fraction of sp³-hybridized carbons (Fsp3) is 0.571. The Balaban J connectivity index is 0.000000606. The average Bonchev–Trinajstić information content (AvgIpc) is 2.74. The molecule has 2 unspecified atom stereocenters. The van der Waals surface area contributed by atoms with E-state index in [9.17, 15) is 4.79 Å². The maximum absolute atomic E-state index is 11.5. The molecule has 0 heterocycles. The normalized spacial score (nSPS) is 31.4. The standard InChI is InChI=1S/C12H11NO.C2H6/c1-2-12-5-3-4-10(12)6-11(14)9(7-12)8-13;1-2/h1,6,9H,3-5,7H2;1-2H3. The molecule has 0 spiro atoms. The number of fused-ring (bicyclic) bond motifs is 1. The quantitative estimate of drug-likeness (QED) is 0.583. The fourth-order valence-corrected chi connectivity index (χ4v) is 2.48. The Kier molecular flexibility index (Phi) is 3.91. The molecule has 0 aliphatic heterocycles. The summed E-state index contributed by atoms with van der Waals surface area (Å²) >= 11 is 0. The van der Waals surface area contributed by atoms with Crippen molar-refractivity contribution < 1.29 is 4.79 Å². The van der Waals surface area contributed by atoms with Gasteiger partial charge < -0.3 is 0 Å². The summed E-state index contributed by atoms with van der Waals surface area (Å²) < 4.78 is 0. The molecule has 0 N–H and O–H groups in total. The van der Waals surface area contributed by atoms with Gasteiger partial charge in [-0.15, -0.1) is 6.42 Å². The van der Waals surface area contributed by atoms with Crippen molar-refractivity contribution in [3.8, 4) is 18.4 Å². The van der Waals surface area contributed by atoms with Crippen LogP contribution in [0.2, 0.25) is 0 Å². The summed E-state index contributed by atoms with van der Waals surface area (Å²) in [6.07, 6.45) is 10.6. The van der Waals surface area contributed by atoms with Crippen molar-refractivity contribution in [1.29, 1.82) is 5.26 Å². The Morgan fingerprint density at radius 2 is 2.25 bits per heavy atom. The molecule has 0 aromatic heterocycles. The minimum atomic E-state index is -0.520. The van der Waals surface area contributed by atoms with Crippen molar-refractivity contribution in [2.75, 3.05) is 0 Å². The number of allylic oxidation sites excluding steroid dienone is 2. The van der Waals surface area contributed by atoms with E-state index in [1.807, 2.05) is 19.9 Å². The summed E-state index contributed by atoms with van der Waals surface area (Å²) in [5.41, 5.74) is 0.811. The lowest BCUT2D eigenvalue weighted by atomic mass is 9.70. The predicted molar refractivity (Wildman–Crippen MR) is 63.3 cm³/mol. The van der Waals surface area contributed by atoms with Crippen LogP contribution in [0.1, 0.15) is 39.5 Å². The second-order valence-electron chi connectivity index (χ2n) is 4.04. The summed E-state index contributed by atoms with van der Waals surface area (Å²) in [6.45, 7) is 4.00. The lowest BCUT2D eigenvalue weighted by Gasteiger charge is -2.30. The highest BCUT2D eigenvalue weighted by Crippen LogP contribution is 2.49. The molecule has 0 saturated heterocycles. The number of rotatable bonds is 0. The Labute approximate surface area is 97.3 Å². The number of ketones is 1. The minimum absolute atomic E-state index is 0.0599. The highest BCUT2D eigenvalue weighted by molar-refractivity contribution is 5.95. The molecule has 0 amide bonds. The first kappa shape index (κ1) is 12.5. The van der Waals surface area contributed by atoms with Crippen molar-refractivity contribution in [3.63, 3.8) is 0 Å². The zero-order valence-electron chi connectivity index (χ0n) is 9.92. The first-order valence-electron chi connectivity index (χ1n) is 5.84. The third kappa shape index (κ3) is 1.89. The number of hydrogen-bond acceptors (Lipinski definition) is 2. The molecule has 84 valence electrons. The van der Waals surface area contributed by atoms with E-state index in [4.69, 9.17) is 11.7 Å². The smallest absolute Gasteiger partial charge is 0.172 e. The van der Waals surface area contributed by atoms with Gasteiger partial charge in [-0.3, -0.25) is 4.79 Å². The van der Waals surface area contributed by atoms with Crippen LogP contribution in [0.25, 0.3) is 0 Å². The van der Waals surface area contributed by atoms with Gasteiger partial charge in [-0.25, -0.2) is 0 Å². The molecular weight excluding hydrogens is 198 g/mol. The van der Waals surface area contributed by atoms with Gasteiger partial charge >= 0.3 is 0 Å². The van der Waals surface area contributed by atoms with Crippen molar-refractivity contribution >= 4 is 5.78 Å². The molecule has 1 fully saturated rings. The summed E-state index contributed by atoms with van der Waals surface area (Å²) in [5.74, 6) is 2.21. The molecule has 0 aromatic rings. The average molecular weight is 215 g/mol. The van der Waals surface area contributed by atoms with Gasteiger partial charge in [-0.1, -0.05) is 19.8 Å². The number of carbonyl (C=O) groups excluding carboxylic acids is 1. The van der Waals surface area contributed by atoms with Gasteiger partial charge in [0.2, 0.25) is 0 Å². The van der Waals surface area contributed by atoms with Gasteiger partial charge in [0, 0.05) is 0 Å². The van der Waals surface area contributed by atoms with Gasteiger partial charge in [0.05, 0.1) is 11.5 Å². The largest absolute Gasteiger partial charge is 0.293 e. The van der Waals surface area contributed by atoms with Crippen molar-refractivity contribution in [3.05, 3.63) is 11.6 Å². The van der Waals surface area contributed by atoms with Crippen LogP contribution < -0.4 is 0 Å². The maximum atomic E-state index is 11.5. The Bertz CT molecular complexity index is 394. The molecule has 2 rings (SSSR count). The van der Waals surface area contributed by atoms with Gasteiger partial charge in [0.15, 0.2) is 5.78 Å². The van der Waals surface area contributed by atoms with Crippen LogP contribution in [0, 0.1) is 35.0 Å². The molecule has 0 bridgehead atoms. The second kappa shape index (κ2) is 4.99. The number of nitrogens with zero attached hydrogens (tertiary/aromatic N) is 1. The summed E-state index contributed by atoms with van der Waals surface area (Å²) in [6, 6.07) is 2.04. The van der Waals surface area contributed by atoms with E-state index < -0.39 is 5.92 Å². The van der Waals surface area contributed by atoms with Crippen molar-refractivity contribution in [2.24, 2.45) is 11.3 Å². The molecule has 2 aliphatic carbocycles. The van der Waals surface area contributed by atoms with E-state index in [0.717, 1.165) is 24.8 Å². The number of carbonyl (C=O) groups is 1. The van der Waals surface area contributed by atoms with Gasteiger partial charge in [0.25, 0.3) is 0 Å². The molecular formula is C14H17NO. The monoisotopic (exact) mass is 215 g/mol. The van der Waals surface area contributed by atoms with Crippen molar-refractivity contribution in [2.45, 2.75) is 39.5 Å². The highest BCUT2D eigenvalue weighted by atomic mass is 16.1. The van der Waals surface area contributed by atoms with Crippen molar-refractivity contribution in [1.82, 2.24) is 0 Å². The molecule has 16 heavy (non-hydrogen) atoms. The van der Waals surface area contributed by atoms with Gasteiger partial charge in [-0.2, -0.15) is 5.26 Å². The Morgan fingerprint density at radius 3 is 2.81 bits per heavy atom. The van der Waals surface area contributed by atoms with Crippen LogP contribution in [-0.4, -0.2) is 5.78 Å². The topological polar surface area (TPSA) is 40.9 Å². The Morgan fingerprint density at radius 1 is 1.56 bits per heavy atom. The maximum Gasteiger partial charge on any atom is 0.172 e. The van der Waals surface area contributed by atoms with E-state index in [1.54, 1.807) is 6.08 Å². The summed E-state index contributed by atoms with van der Waals surface area (Å²) in [7, 11) is 0. The van der Waals surface area contributed by atoms with Crippen LogP contribution in [0.15, 0.2) is 11.6 Å². The predicted octanol–water partition coefficient (Wildman–Crippen LogP) is 2.86. The summed E-state index contributed by atoms with van der Waals surface area (Å²) in [5, 5.41) is 8.82. The SMILES string of the molecule is C#CC12CCCC1=CC(=O)C(C#N)C2.CC. The molecule has 2 atom stereocenters. The summed E-state index contributed by atoms with van der Waals surface area (Å²) in [4.78, 5) is 11.5. The zero-order valence-corrected chi connectivity index (χ0v) is 9.92. The van der Waals surface area contributed by atoms with E-state index in [-0.39, 0.29) is 11.2 Å². The lowest BCUT2D eigenvalue weighted by Crippen LogP contribution is -2.29.